The van der Waals surface area contributed by atoms with E-state index in [1.165, 1.54) is 26.4 Å². The Bertz CT molecular complexity index is 1390. The molecule has 1 saturated heterocycles. The maximum absolute atomic E-state index is 16.0. The second kappa shape index (κ2) is 14.7. The average molecular weight is 587 g/mol. The summed E-state index contributed by atoms with van der Waals surface area (Å²) < 4.78 is 48.2. The van der Waals surface area contributed by atoms with Crippen LogP contribution in [0.1, 0.15) is 30.7 Å². The van der Waals surface area contributed by atoms with E-state index in [-0.39, 0.29) is 41.6 Å². The number of carbonyl (C=O) groups is 1. The van der Waals surface area contributed by atoms with E-state index in [2.05, 4.69) is 20.1 Å². The Kier molecular flexibility index (Phi) is 10.8. The van der Waals surface area contributed by atoms with Crippen LogP contribution in [0.5, 0.6) is 11.5 Å². The number of hydrogen-bond acceptors (Lipinski definition) is 11. The molecule has 0 spiro atoms. The Hall–Kier alpha value is -3.81. The number of rotatable bonds is 10. The lowest BCUT2D eigenvalue weighted by atomic mass is 10.1. The molecular weight excluding hydrogens is 555 g/mol. The van der Waals surface area contributed by atoms with Crippen LogP contribution in [0.4, 0.5) is 14.9 Å². The van der Waals surface area contributed by atoms with E-state index in [1.54, 1.807) is 37.4 Å². The van der Waals surface area contributed by atoms with Gasteiger partial charge in [-0.1, -0.05) is 5.16 Å². The van der Waals surface area contributed by atoms with Crippen molar-refractivity contribution in [1.29, 1.82) is 0 Å². The highest BCUT2D eigenvalue weighted by Crippen LogP contribution is 2.31. The van der Waals surface area contributed by atoms with E-state index in [9.17, 15) is 4.79 Å². The number of benzene rings is 2. The summed E-state index contributed by atoms with van der Waals surface area (Å²) in [6.07, 6.45) is 3.41. The summed E-state index contributed by atoms with van der Waals surface area (Å²) in [5.41, 5.74) is 1.27. The molecule has 2 heterocycles. The van der Waals surface area contributed by atoms with Gasteiger partial charge in [0, 0.05) is 30.7 Å². The Labute approximate surface area is 241 Å². The summed E-state index contributed by atoms with van der Waals surface area (Å²) in [5.74, 6) is 0.413. The molecule has 11 nitrogen and oxygen atoms in total. The van der Waals surface area contributed by atoms with Crippen molar-refractivity contribution in [3.8, 4) is 22.9 Å². The fraction of sp³-hybridized carbons (Fsp3) is 0.393. The fourth-order valence-corrected chi connectivity index (χ4v) is 4.43. The first-order chi connectivity index (χ1) is 19.9. The second-order valence-corrected chi connectivity index (χ2v) is 9.53. The van der Waals surface area contributed by atoms with E-state index in [0.29, 0.717) is 35.3 Å². The molecule has 0 N–H and O–H groups in total. The van der Waals surface area contributed by atoms with E-state index in [1.807, 2.05) is 0 Å². The highest BCUT2D eigenvalue weighted by molar-refractivity contribution is 8.15. The molecule has 0 radical (unpaired) electrons. The summed E-state index contributed by atoms with van der Waals surface area (Å²) in [7, 11) is 2.66. The normalized spacial score (nSPS) is 16.0. The Balaban J connectivity index is 1.67. The molecule has 1 atom stereocenters. The van der Waals surface area contributed by atoms with Crippen LogP contribution < -0.4 is 9.47 Å². The number of methoxy groups -OCH3 is 2. The van der Waals surface area contributed by atoms with Crippen molar-refractivity contribution in [3.63, 3.8) is 0 Å². The third-order valence-corrected chi connectivity index (χ3v) is 6.61. The number of aromatic nitrogens is 2. The SMILES string of the molecule is COC(=O)/N=C(SC)/C(=N/c1ccc(-c2noc(C)n2)cc1)c1cc(OC)cc(OCCOC2CCCCO2)c1F. The van der Waals surface area contributed by atoms with Crippen molar-refractivity contribution in [2.75, 3.05) is 40.3 Å². The molecule has 13 heteroatoms. The van der Waals surface area contributed by atoms with Gasteiger partial charge in [-0.15, -0.1) is 11.8 Å². The minimum absolute atomic E-state index is 0.0192. The number of carbonyl (C=O) groups excluding carboxylic acids is 1. The largest absolute Gasteiger partial charge is 0.497 e. The highest BCUT2D eigenvalue weighted by Gasteiger charge is 2.23. The van der Waals surface area contributed by atoms with Crippen LogP contribution in [-0.4, -0.2) is 73.6 Å². The van der Waals surface area contributed by atoms with Gasteiger partial charge in [-0.2, -0.15) is 9.98 Å². The lowest BCUT2D eigenvalue weighted by Crippen LogP contribution is -2.24. The molecule has 3 aromatic rings. The van der Waals surface area contributed by atoms with Crippen molar-refractivity contribution in [2.24, 2.45) is 9.98 Å². The molecule has 1 unspecified atom stereocenters. The Morgan fingerprint density at radius 2 is 1.98 bits per heavy atom. The van der Waals surface area contributed by atoms with Crippen molar-refractivity contribution in [2.45, 2.75) is 32.5 Å². The van der Waals surface area contributed by atoms with Crippen LogP contribution in [0.3, 0.4) is 0 Å². The third-order valence-electron chi connectivity index (χ3n) is 5.94. The van der Waals surface area contributed by atoms with Gasteiger partial charge in [-0.25, -0.2) is 14.2 Å². The molecule has 0 bridgehead atoms. The molecule has 1 fully saturated rings. The molecular formula is C28H31FN4O7S. The third kappa shape index (κ3) is 8.12. The quantitative estimate of drug-likeness (QED) is 0.164. The van der Waals surface area contributed by atoms with Gasteiger partial charge in [-0.3, -0.25) is 0 Å². The summed E-state index contributed by atoms with van der Waals surface area (Å²) in [6.45, 7) is 2.65. The summed E-state index contributed by atoms with van der Waals surface area (Å²) in [4.78, 5) is 24.9. The van der Waals surface area contributed by atoms with E-state index in [4.69, 9.17) is 28.2 Å². The van der Waals surface area contributed by atoms with Crippen molar-refractivity contribution < 1.29 is 37.4 Å². The Morgan fingerprint density at radius 3 is 2.61 bits per heavy atom. The number of halogens is 1. The first kappa shape index (κ1) is 30.2. The Morgan fingerprint density at radius 1 is 1.17 bits per heavy atom. The minimum atomic E-state index is -0.855. The zero-order chi connectivity index (χ0) is 29.2. The summed E-state index contributed by atoms with van der Waals surface area (Å²) in [6, 6.07) is 9.82. The molecule has 218 valence electrons. The van der Waals surface area contributed by atoms with E-state index in [0.717, 1.165) is 31.0 Å². The fourth-order valence-electron chi connectivity index (χ4n) is 3.92. The van der Waals surface area contributed by atoms with Crippen LogP contribution in [-0.2, 0) is 14.2 Å². The van der Waals surface area contributed by atoms with Crippen molar-refractivity contribution in [1.82, 2.24) is 10.1 Å². The lowest BCUT2D eigenvalue weighted by molar-refractivity contribution is -0.165. The summed E-state index contributed by atoms with van der Waals surface area (Å²) >= 11 is 1.11. The van der Waals surface area contributed by atoms with Crippen molar-refractivity contribution in [3.05, 3.63) is 53.7 Å². The molecule has 1 aromatic heterocycles. The first-order valence-electron chi connectivity index (χ1n) is 12.9. The predicted octanol–water partition coefficient (Wildman–Crippen LogP) is 5.76. The molecule has 1 aliphatic rings. The van der Waals surface area contributed by atoms with Gasteiger partial charge in [0.05, 0.1) is 26.5 Å². The first-order valence-corrected chi connectivity index (χ1v) is 14.1. The average Bonchev–Trinajstić information content (AvgIpc) is 3.44. The van der Waals surface area contributed by atoms with Crippen molar-refractivity contribution >= 4 is 34.3 Å². The molecule has 4 rings (SSSR count). The molecule has 1 aliphatic heterocycles. The number of aryl methyl sites for hydroxylation is 1. The van der Waals surface area contributed by atoms with E-state index < -0.39 is 11.9 Å². The van der Waals surface area contributed by atoms with Gasteiger partial charge in [0.1, 0.15) is 23.1 Å². The van der Waals surface area contributed by atoms with Gasteiger partial charge >= 0.3 is 6.09 Å². The van der Waals surface area contributed by atoms with Crippen LogP contribution in [0.15, 0.2) is 50.9 Å². The number of hydrogen-bond donors (Lipinski definition) is 0. The summed E-state index contributed by atoms with van der Waals surface area (Å²) in [5, 5.41) is 4.05. The topological polar surface area (TPSA) is 127 Å². The second-order valence-electron chi connectivity index (χ2n) is 8.74. The number of ether oxygens (including phenoxy) is 5. The zero-order valence-electron chi connectivity index (χ0n) is 23.2. The zero-order valence-corrected chi connectivity index (χ0v) is 24.0. The number of thioether (sulfide) groups is 1. The van der Waals surface area contributed by atoms with Crippen LogP contribution in [0.2, 0.25) is 0 Å². The minimum Gasteiger partial charge on any atom is -0.497 e. The van der Waals surface area contributed by atoms with Crippen LogP contribution in [0.25, 0.3) is 11.4 Å². The molecule has 2 aromatic carbocycles. The molecule has 0 saturated carbocycles. The lowest BCUT2D eigenvalue weighted by Gasteiger charge is -2.22. The maximum Gasteiger partial charge on any atom is 0.434 e. The highest BCUT2D eigenvalue weighted by atomic mass is 32.2. The molecule has 0 aliphatic carbocycles. The number of amides is 1. The van der Waals surface area contributed by atoms with Gasteiger partial charge in [0.25, 0.3) is 0 Å². The predicted molar refractivity (Wildman–Crippen MR) is 152 cm³/mol. The molecule has 41 heavy (non-hydrogen) atoms. The van der Waals surface area contributed by atoms with Gasteiger partial charge in [0.2, 0.25) is 11.7 Å². The van der Waals surface area contributed by atoms with Gasteiger partial charge < -0.3 is 28.2 Å². The molecule has 1 amide bonds. The number of nitrogens with zero attached hydrogens (tertiary/aromatic N) is 4. The van der Waals surface area contributed by atoms with Gasteiger partial charge in [-0.05, 0) is 55.9 Å². The monoisotopic (exact) mass is 586 g/mol. The van der Waals surface area contributed by atoms with Crippen LogP contribution in [0, 0.1) is 12.7 Å². The standard InChI is InChI=1S/C28H31FN4O7S/c1-17-30-26(33-40-17)18-8-10-19(11-9-18)31-25(27(41-4)32-28(34)36-3)21-15-20(35-2)16-22(24(21)29)37-13-14-39-23-7-5-6-12-38-23/h8-11,15-16,23H,5-7,12-14H2,1-4H3/b31-25+,32-27-. The maximum atomic E-state index is 16.0. The van der Waals surface area contributed by atoms with Gasteiger partial charge in [0.15, 0.2) is 17.9 Å². The van der Waals surface area contributed by atoms with E-state index >= 15 is 4.39 Å². The van der Waals surface area contributed by atoms with Crippen LogP contribution >= 0.6 is 11.8 Å². The number of aliphatic imine (C=N–C) groups is 2. The smallest absolute Gasteiger partial charge is 0.434 e.